The highest BCUT2D eigenvalue weighted by Gasteiger charge is 2.73. The molecular weight excluding hydrogens is 286 g/mol. The number of carboxylic acid groups (broad SMARTS) is 1. The van der Waals surface area contributed by atoms with Crippen LogP contribution in [0.15, 0.2) is 0 Å². The lowest BCUT2D eigenvalue weighted by atomic mass is 9.78. The zero-order chi connectivity index (χ0) is 16.6. The van der Waals surface area contributed by atoms with Gasteiger partial charge < -0.3 is 16.1 Å². The molecule has 1 fully saturated rings. The lowest BCUT2D eigenvalue weighted by Crippen LogP contribution is -2.28. The number of hydrogen-bond donors (Lipinski definition) is 1. The van der Waals surface area contributed by atoms with Crippen LogP contribution >= 0.6 is 0 Å². The van der Waals surface area contributed by atoms with Crippen molar-refractivity contribution >= 4 is 5.97 Å². The first-order valence-corrected chi connectivity index (χ1v) is 9.77. The summed E-state index contributed by atoms with van der Waals surface area (Å²) in [7, 11) is 0. The van der Waals surface area contributed by atoms with Crippen molar-refractivity contribution in [3.05, 3.63) is 0 Å². The number of carboxylic acids is 1. The largest absolute Gasteiger partial charge is 0.550 e. The summed E-state index contributed by atoms with van der Waals surface area (Å²) >= 11 is 0. The van der Waals surface area contributed by atoms with Gasteiger partial charge in [-0.3, -0.25) is 0 Å². The topological polar surface area (TPSA) is 76.6 Å². The molecule has 0 unspecified atom stereocenters. The first-order chi connectivity index (χ1) is 10.6. The van der Waals surface area contributed by atoms with E-state index in [0.717, 1.165) is 77.0 Å². The minimum atomic E-state index is -0.764. The van der Waals surface area contributed by atoms with E-state index in [-0.39, 0.29) is 22.9 Å². The molecule has 1 saturated carbocycles. The summed E-state index contributed by atoms with van der Waals surface area (Å²) < 4.78 is 0. The Bertz CT molecular complexity index is 299. The zero-order valence-corrected chi connectivity index (χ0v) is 16.4. The van der Waals surface area contributed by atoms with Gasteiger partial charge in [0.05, 0.1) is 0 Å². The second-order valence-corrected chi connectivity index (χ2v) is 7.48. The molecule has 23 heavy (non-hydrogen) atoms. The van der Waals surface area contributed by atoms with Gasteiger partial charge in [-0.1, -0.05) is 79.1 Å². The maximum Gasteiger partial charge on any atom is 0.0456 e. The van der Waals surface area contributed by atoms with E-state index in [2.05, 4.69) is 27.7 Å². The molecule has 3 nitrogen and oxygen atoms in total. The molecule has 4 N–H and O–H groups in total. The second-order valence-electron chi connectivity index (χ2n) is 7.48. The minimum Gasteiger partial charge on any atom is -0.550 e. The summed E-state index contributed by atoms with van der Waals surface area (Å²) in [6.45, 7) is 8.85. The third-order valence-corrected chi connectivity index (χ3v) is 6.15. The Labute approximate surface area is 144 Å². The van der Waals surface area contributed by atoms with E-state index in [4.69, 9.17) is 0 Å². The van der Waals surface area contributed by atoms with Crippen LogP contribution in [0.5, 0.6) is 0 Å². The summed E-state index contributed by atoms with van der Waals surface area (Å²) in [6.07, 6.45) is 13.6. The Balaban J connectivity index is 0.00000484. The van der Waals surface area contributed by atoms with Crippen LogP contribution in [0.4, 0.5) is 0 Å². The molecule has 1 aliphatic rings. The van der Waals surface area contributed by atoms with Gasteiger partial charge in [-0.25, -0.2) is 0 Å². The van der Waals surface area contributed by atoms with Crippen molar-refractivity contribution in [1.82, 2.24) is 6.15 Å². The van der Waals surface area contributed by atoms with Crippen molar-refractivity contribution in [2.24, 2.45) is 16.7 Å². The number of carbonyl (C=O) groups is 1. The Morgan fingerprint density at radius 2 is 1.00 bits per heavy atom. The molecule has 138 valence electrons. The van der Waals surface area contributed by atoms with Crippen molar-refractivity contribution in [1.29, 1.82) is 0 Å². The fourth-order valence-corrected chi connectivity index (χ4v) is 4.98. The number of carbonyl (C=O) groups excluding carboxylic acids is 1. The van der Waals surface area contributed by atoms with Gasteiger partial charge in [0.1, 0.15) is 0 Å². The molecule has 3 heteroatoms. The normalized spacial score (nSPS) is 18.4. The van der Waals surface area contributed by atoms with Gasteiger partial charge in [-0.15, -0.1) is 0 Å². The highest BCUT2D eigenvalue weighted by molar-refractivity contribution is 5.75. The Morgan fingerprint density at radius 1 is 0.739 bits per heavy atom. The van der Waals surface area contributed by atoms with Crippen molar-refractivity contribution in [2.75, 3.05) is 0 Å². The predicted molar refractivity (Wildman–Crippen MR) is 97.4 cm³/mol. The van der Waals surface area contributed by atoms with Crippen molar-refractivity contribution in [3.8, 4) is 0 Å². The molecule has 0 heterocycles. The molecule has 0 radical (unpaired) electrons. The molecule has 0 bridgehead atoms. The SMILES string of the molecule is CCCCC1(CCCC)C(C(=O)[O-])C1(CCCC)CCCC.[NH4+]. The van der Waals surface area contributed by atoms with Gasteiger partial charge in [0.2, 0.25) is 0 Å². The van der Waals surface area contributed by atoms with Crippen molar-refractivity contribution < 1.29 is 9.90 Å². The summed E-state index contributed by atoms with van der Waals surface area (Å²) in [5, 5.41) is 11.9. The lowest BCUT2D eigenvalue weighted by Gasteiger charge is -2.26. The molecule has 0 aliphatic heterocycles. The van der Waals surface area contributed by atoms with Gasteiger partial charge in [-0.05, 0) is 36.5 Å². The van der Waals surface area contributed by atoms with E-state index in [1.54, 1.807) is 0 Å². The number of unbranched alkanes of at least 4 members (excludes halogenated alkanes) is 4. The highest BCUT2D eigenvalue weighted by atomic mass is 16.4. The number of hydrogen-bond acceptors (Lipinski definition) is 2. The maximum atomic E-state index is 11.9. The first kappa shape index (κ1) is 22.4. The van der Waals surface area contributed by atoms with Gasteiger partial charge in [0.25, 0.3) is 0 Å². The summed E-state index contributed by atoms with van der Waals surface area (Å²) in [6, 6.07) is 0. The zero-order valence-electron chi connectivity index (χ0n) is 16.4. The Hall–Kier alpha value is -0.570. The smallest absolute Gasteiger partial charge is 0.0456 e. The molecule has 0 saturated heterocycles. The number of quaternary nitrogens is 1. The molecule has 0 spiro atoms. The van der Waals surface area contributed by atoms with E-state index in [0.29, 0.717) is 0 Å². The maximum absolute atomic E-state index is 11.9. The Kier molecular flexibility index (Phi) is 10.1. The van der Waals surface area contributed by atoms with Crippen LogP contribution in [0, 0.1) is 16.7 Å². The van der Waals surface area contributed by atoms with Gasteiger partial charge >= 0.3 is 0 Å². The number of aliphatic carboxylic acids is 1. The van der Waals surface area contributed by atoms with Crippen LogP contribution in [0.1, 0.15) is 105 Å². The van der Waals surface area contributed by atoms with E-state index < -0.39 is 5.97 Å². The molecular formula is C20H41NO2. The summed E-state index contributed by atoms with van der Waals surface area (Å²) in [5.41, 5.74) is 0.0877. The summed E-state index contributed by atoms with van der Waals surface area (Å²) in [5.74, 6) is -0.949. The quantitative estimate of drug-likeness (QED) is 0.486. The van der Waals surface area contributed by atoms with Gasteiger partial charge in [0.15, 0.2) is 0 Å². The van der Waals surface area contributed by atoms with E-state index >= 15 is 0 Å². The van der Waals surface area contributed by atoms with E-state index in [9.17, 15) is 9.90 Å². The van der Waals surface area contributed by atoms with Crippen LogP contribution in [-0.2, 0) is 4.79 Å². The predicted octanol–water partition coefficient (Wildman–Crippen LogP) is 5.48. The Morgan fingerprint density at radius 3 is 1.17 bits per heavy atom. The highest BCUT2D eigenvalue weighted by Crippen LogP contribution is 2.77. The lowest BCUT2D eigenvalue weighted by molar-refractivity contribution is -0.309. The van der Waals surface area contributed by atoms with Crippen LogP contribution < -0.4 is 11.3 Å². The molecule has 0 aromatic rings. The van der Waals surface area contributed by atoms with Gasteiger partial charge in [0, 0.05) is 11.9 Å². The van der Waals surface area contributed by atoms with Crippen LogP contribution in [0.3, 0.4) is 0 Å². The average Bonchev–Trinajstić information content (AvgIpc) is 3.09. The first-order valence-electron chi connectivity index (χ1n) is 9.77. The average molecular weight is 328 g/mol. The van der Waals surface area contributed by atoms with E-state index in [1.807, 2.05) is 0 Å². The summed E-state index contributed by atoms with van der Waals surface area (Å²) in [4.78, 5) is 11.9. The fourth-order valence-electron chi connectivity index (χ4n) is 4.98. The molecule has 0 atom stereocenters. The molecule has 0 aromatic heterocycles. The monoisotopic (exact) mass is 327 g/mol. The molecule has 1 rings (SSSR count). The fraction of sp³-hybridized carbons (Fsp3) is 0.950. The molecule has 0 aromatic carbocycles. The molecule has 1 aliphatic carbocycles. The third-order valence-electron chi connectivity index (χ3n) is 6.15. The van der Waals surface area contributed by atoms with E-state index in [1.165, 1.54) is 0 Å². The number of rotatable bonds is 13. The van der Waals surface area contributed by atoms with Crippen LogP contribution in [0.2, 0.25) is 0 Å². The minimum absolute atomic E-state index is 0. The van der Waals surface area contributed by atoms with Crippen molar-refractivity contribution in [3.63, 3.8) is 0 Å². The van der Waals surface area contributed by atoms with Crippen LogP contribution in [0.25, 0.3) is 0 Å². The van der Waals surface area contributed by atoms with Crippen LogP contribution in [-0.4, -0.2) is 5.97 Å². The van der Waals surface area contributed by atoms with Crippen molar-refractivity contribution in [2.45, 2.75) is 105 Å². The third kappa shape index (κ3) is 4.49. The standard InChI is InChI=1S/C20H38O2.H3N/c1-5-9-13-19(14-10-6-2)17(18(21)22)20(19,15-11-7-3)16-12-8-4;/h17H,5-16H2,1-4H3,(H,21,22);1H3. The second kappa shape index (κ2) is 10.3. The molecule has 0 amide bonds. The van der Waals surface area contributed by atoms with Gasteiger partial charge in [-0.2, -0.15) is 0 Å².